The molecule has 1 aliphatic rings. The minimum atomic E-state index is 0.111. The fourth-order valence-electron chi connectivity index (χ4n) is 2.20. The largest absolute Gasteiger partial charge is 0.335 e. The van der Waals surface area contributed by atoms with Gasteiger partial charge in [-0.05, 0) is 19.5 Å². The molecule has 0 aliphatic carbocycles. The molecular formula is C12H20N4O. The van der Waals surface area contributed by atoms with E-state index in [1.54, 1.807) is 16.9 Å². The molecule has 1 aliphatic heterocycles. The second kappa shape index (κ2) is 5.31. The van der Waals surface area contributed by atoms with Gasteiger partial charge in [-0.1, -0.05) is 6.92 Å². The van der Waals surface area contributed by atoms with Crippen molar-refractivity contribution in [2.24, 2.45) is 0 Å². The van der Waals surface area contributed by atoms with Crippen molar-refractivity contribution < 1.29 is 4.79 Å². The van der Waals surface area contributed by atoms with E-state index in [1.807, 2.05) is 11.8 Å². The molecule has 2 heterocycles. The fraction of sp³-hybridized carbons (Fsp3) is 0.667. The lowest BCUT2D eigenvalue weighted by Crippen LogP contribution is -2.48. The van der Waals surface area contributed by atoms with Crippen molar-refractivity contribution in [3.8, 4) is 0 Å². The normalized spacial score (nSPS) is 17.4. The molecule has 0 aromatic carbocycles. The number of piperazine rings is 1. The first kappa shape index (κ1) is 12.1. The highest BCUT2D eigenvalue weighted by Crippen LogP contribution is 2.08. The Morgan fingerprint density at radius 1 is 1.24 bits per heavy atom. The quantitative estimate of drug-likeness (QED) is 0.775. The zero-order valence-electron chi connectivity index (χ0n) is 10.6. The lowest BCUT2D eigenvalue weighted by molar-refractivity contribution is 0.0631. The Morgan fingerprint density at radius 2 is 1.94 bits per heavy atom. The summed E-state index contributed by atoms with van der Waals surface area (Å²) in [6.07, 6.45) is 1.69. The van der Waals surface area contributed by atoms with Crippen LogP contribution in [0.15, 0.2) is 12.3 Å². The van der Waals surface area contributed by atoms with Gasteiger partial charge in [0.2, 0.25) is 0 Å². The summed E-state index contributed by atoms with van der Waals surface area (Å²) in [4.78, 5) is 16.6. The summed E-state index contributed by atoms with van der Waals surface area (Å²) >= 11 is 0. The Morgan fingerprint density at radius 3 is 2.53 bits per heavy atom. The van der Waals surface area contributed by atoms with Crippen LogP contribution in [0.1, 0.15) is 24.3 Å². The molecule has 0 radical (unpaired) electrons. The molecule has 0 atom stereocenters. The minimum absolute atomic E-state index is 0.111. The standard InChI is InChI=1S/C12H20N4O/c1-3-14-7-9-15(10-8-14)12(17)11-5-6-13-16(11)4-2/h5-6H,3-4,7-10H2,1-2H3. The predicted octanol–water partition coefficient (Wildman–Crippen LogP) is 0.681. The van der Waals surface area contributed by atoms with Gasteiger partial charge in [0.05, 0.1) is 0 Å². The summed E-state index contributed by atoms with van der Waals surface area (Å²) in [5, 5.41) is 4.14. The summed E-state index contributed by atoms with van der Waals surface area (Å²) in [6.45, 7) is 9.55. The second-order valence-electron chi connectivity index (χ2n) is 4.26. The Hall–Kier alpha value is -1.36. The van der Waals surface area contributed by atoms with E-state index in [0.29, 0.717) is 5.69 Å². The predicted molar refractivity (Wildman–Crippen MR) is 65.9 cm³/mol. The van der Waals surface area contributed by atoms with Crippen LogP contribution in [0.2, 0.25) is 0 Å². The monoisotopic (exact) mass is 236 g/mol. The van der Waals surface area contributed by atoms with Crippen LogP contribution in [0.25, 0.3) is 0 Å². The molecule has 5 heteroatoms. The highest BCUT2D eigenvalue weighted by atomic mass is 16.2. The van der Waals surface area contributed by atoms with Crippen LogP contribution in [0, 0.1) is 0 Å². The van der Waals surface area contributed by atoms with Crippen molar-refractivity contribution in [2.75, 3.05) is 32.7 Å². The van der Waals surface area contributed by atoms with Gasteiger partial charge in [-0.3, -0.25) is 9.48 Å². The summed E-state index contributed by atoms with van der Waals surface area (Å²) in [5.74, 6) is 0.111. The Kier molecular flexibility index (Phi) is 3.78. The van der Waals surface area contributed by atoms with Crippen LogP contribution in [0.5, 0.6) is 0 Å². The molecule has 17 heavy (non-hydrogen) atoms. The fourth-order valence-corrected chi connectivity index (χ4v) is 2.20. The lowest BCUT2D eigenvalue weighted by Gasteiger charge is -2.34. The Labute approximate surface area is 102 Å². The van der Waals surface area contributed by atoms with Gasteiger partial charge in [-0.2, -0.15) is 5.10 Å². The summed E-state index contributed by atoms with van der Waals surface area (Å²) in [6, 6.07) is 1.80. The molecule has 1 amide bonds. The van der Waals surface area contributed by atoms with Crippen molar-refractivity contribution in [1.82, 2.24) is 19.6 Å². The van der Waals surface area contributed by atoms with E-state index in [1.165, 1.54) is 0 Å². The number of rotatable bonds is 3. The molecule has 94 valence electrons. The Balaban J connectivity index is 2.02. The van der Waals surface area contributed by atoms with E-state index < -0.39 is 0 Å². The second-order valence-corrected chi connectivity index (χ2v) is 4.26. The molecule has 0 N–H and O–H groups in total. The van der Waals surface area contributed by atoms with E-state index in [-0.39, 0.29) is 5.91 Å². The van der Waals surface area contributed by atoms with Crippen molar-refractivity contribution in [3.05, 3.63) is 18.0 Å². The highest BCUT2D eigenvalue weighted by Gasteiger charge is 2.23. The maximum Gasteiger partial charge on any atom is 0.272 e. The van der Waals surface area contributed by atoms with Crippen molar-refractivity contribution in [3.63, 3.8) is 0 Å². The van der Waals surface area contributed by atoms with Crippen LogP contribution < -0.4 is 0 Å². The zero-order chi connectivity index (χ0) is 12.3. The molecule has 0 bridgehead atoms. The average Bonchev–Trinajstić information content (AvgIpc) is 2.86. The van der Waals surface area contributed by atoms with Crippen molar-refractivity contribution >= 4 is 5.91 Å². The van der Waals surface area contributed by atoms with E-state index >= 15 is 0 Å². The number of carbonyl (C=O) groups excluding carboxylic acids is 1. The van der Waals surface area contributed by atoms with Gasteiger partial charge < -0.3 is 9.80 Å². The minimum Gasteiger partial charge on any atom is -0.335 e. The third kappa shape index (κ3) is 2.49. The molecule has 0 spiro atoms. The van der Waals surface area contributed by atoms with E-state index in [4.69, 9.17) is 0 Å². The van der Waals surface area contributed by atoms with Crippen LogP contribution in [-0.2, 0) is 6.54 Å². The SMILES string of the molecule is CCN1CCN(C(=O)c2ccnn2CC)CC1. The first-order chi connectivity index (χ1) is 8.26. The van der Waals surface area contributed by atoms with Crippen LogP contribution >= 0.6 is 0 Å². The van der Waals surface area contributed by atoms with E-state index in [0.717, 1.165) is 39.3 Å². The molecule has 0 unspecified atom stereocenters. The highest BCUT2D eigenvalue weighted by molar-refractivity contribution is 5.92. The smallest absolute Gasteiger partial charge is 0.272 e. The van der Waals surface area contributed by atoms with Gasteiger partial charge in [0, 0.05) is 38.9 Å². The van der Waals surface area contributed by atoms with Crippen LogP contribution in [0.4, 0.5) is 0 Å². The third-order valence-corrected chi connectivity index (χ3v) is 3.34. The first-order valence-electron chi connectivity index (χ1n) is 6.29. The molecule has 0 saturated carbocycles. The molecule has 1 saturated heterocycles. The van der Waals surface area contributed by atoms with Crippen LogP contribution in [0.3, 0.4) is 0 Å². The molecular weight excluding hydrogens is 216 g/mol. The van der Waals surface area contributed by atoms with Crippen molar-refractivity contribution in [1.29, 1.82) is 0 Å². The number of amides is 1. The zero-order valence-corrected chi connectivity index (χ0v) is 10.6. The number of aryl methyl sites for hydroxylation is 1. The number of nitrogens with zero attached hydrogens (tertiary/aromatic N) is 4. The number of likely N-dealkylation sites (N-methyl/N-ethyl adjacent to an activating group) is 1. The number of aromatic nitrogens is 2. The Bertz CT molecular complexity index is 380. The molecule has 2 rings (SSSR count). The summed E-state index contributed by atoms with van der Waals surface area (Å²) in [5.41, 5.74) is 0.706. The summed E-state index contributed by atoms with van der Waals surface area (Å²) in [7, 11) is 0. The number of hydrogen-bond acceptors (Lipinski definition) is 3. The third-order valence-electron chi connectivity index (χ3n) is 3.34. The van der Waals surface area contributed by atoms with Gasteiger partial charge in [-0.25, -0.2) is 0 Å². The maximum atomic E-state index is 12.3. The van der Waals surface area contributed by atoms with Gasteiger partial charge in [0.1, 0.15) is 5.69 Å². The van der Waals surface area contributed by atoms with Crippen molar-refractivity contribution in [2.45, 2.75) is 20.4 Å². The van der Waals surface area contributed by atoms with Gasteiger partial charge in [0.15, 0.2) is 0 Å². The summed E-state index contributed by atoms with van der Waals surface area (Å²) < 4.78 is 1.76. The number of hydrogen-bond donors (Lipinski definition) is 0. The topological polar surface area (TPSA) is 41.4 Å². The number of carbonyl (C=O) groups is 1. The maximum absolute atomic E-state index is 12.3. The van der Waals surface area contributed by atoms with Gasteiger partial charge >= 0.3 is 0 Å². The van der Waals surface area contributed by atoms with E-state index in [9.17, 15) is 4.79 Å². The molecule has 1 aromatic rings. The van der Waals surface area contributed by atoms with Gasteiger partial charge in [-0.15, -0.1) is 0 Å². The van der Waals surface area contributed by atoms with Crippen LogP contribution in [-0.4, -0.2) is 58.2 Å². The molecule has 1 fully saturated rings. The van der Waals surface area contributed by atoms with Gasteiger partial charge in [0.25, 0.3) is 5.91 Å². The molecule has 5 nitrogen and oxygen atoms in total. The lowest BCUT2D eigenvalue weighted by atomic mass is 10.2. The molecule has 1 aromatic heterocycles. The van der Waals surface area contributed by atoms with E-state index in [2.05, 4.69) is 16.9 Å². The average molecular weight is 236 g/mol. The first-order valence-corrected chi connectivity index (χ1v) is 6.29.